The molecule has 0 spiro atoms. The van der Waals surface area contributed by atoms with Crippen LogP contribution in [-0.2, 0) is 4.74 Å². The summed E-state index contributed by atoms with van der Waals surface area (Å²) in [6.45, 7) is 3.86. The van der Waals surface area contributed by atoms with E-state index in [1.165, 1.54) is 0 Å². The normalized spacial score (nSPS) is 9.47. The summed E-state index contributed by atoms with van der Waals surface area (Å²) < 4.78 is 4.87. The summed E-state index contributed by atoms with van der Waals surface area (Å²) in [6.07, 6.45) is 0. The molecule has 15 heavy (non-hydrogen) atoms. The molecule has 3 nitrogen and oxygen atoms in total. The summed E-state index contributed by atoms with van der Waals surface area (Å²) in [5.74, 6) is -0.442. The molecule has 0 aliphatic rings. The van der Waals surface area contributed by atoms with Gasteiger partial charge in [-0.25, -0.2) is 4.79 Å². The second-order valence-electron chi connectivity index (χ2n) is 3.04. The van der Waals surface area contributed by atoms with Gasteiger partial charge < -0.3 is 4.74 Å². The molecule has 0 radical (unpaired) electrons. The number of esters is 1. The summed E-state index contributed by atoms with van der Waals surface area (Å²) in [5, 5.41) is 8.83. The number of aryl methyl sites for hydroxylation is 1. The van der Waals surface area contributed by atoms with Crippen LogP contribution >= 0.6 is 12.6 Å². The largest absolute Gasteiger partial charge is 0.462 e. The number of hydrogen-bond acceptors (Lipinski definition) is 4. The molecule has 0 amide bonds. The Bertz CT molecular complexity index is 435. The van der Waals surface area contributed by atoms with E-state index in [0.29, 0.717) is 22.6 Å². The predicted octanol–water partition coefficient (Wildman–Crippen LogP) is 2.33. The van der Waals surface area contributed by atoms with Gasteiger partial charge in [0.25, 0.3) is 0 Å². The fraction of sp³-hybridized carbons (Fsp3) is 0.273. The Kier molecular flexibility index (Phi) is 3.75. The van der Waals surface area contributed by atoms with Crippen molar-refractivity contribution >= 4 is 18.6 Å². The van der Waals surface area contributed by atoms with Crippen LogP contribution in [0.4, 0.5) is 0 Å². The van der Waals surface area contributed by atoms with E-state index in [2.05, 4.69) is 12.6 Å². The van der Waals surface area contributed by atoms with Gasteiger partial charge in [-0.3, -0.25) is 0 Å². The molecule has 1 aromatic rings. The van der Waals surface area contributed by atoms with E-state index in [1.807, 2.05) is 13.0 Å². The molecule has 0 bridgehead atoms. The summed E-state index contributed by atoms with van der Waals surface area (Å²) in [6, 6.07) is 5.34. The molecule has 0 atom stereocenters. The Labute approximate surface area is 94.1 Å². The van der Waals surface area contributed by atoms with Crippen molar-refractivity contribution in [1.82, 2.24) is 0 Å². The number of rotatable bonds is 2. The SMILES string of the molecule is CCOC(=O)c1cc(C)cc(C#N)c1S. The van der Waals surface area contributed by atoms with E-state index in [0.717, 1.165) is 5.56 Å². The highest BCUT2D eigenvalue weighted by Crippen LogP contribution is 2.21. The van der Waals surface area contributed by atoms with Gasteiger partial charge in [-0.2, -0.15) is 5.26 Å². The topological polar surface area (TPSA) is 50.1 Å². The van der Waals surface area contributed by atoms with Gasteiger partial charge in [0.05, 0.1) is 17.7 Å². The molecule has 0 aromatic heterocycles. The number of benzene rings is 1. The first-order chi connectivity index (χ1) is 7.10. The standard InChI is InChI=1S/C11H11NO2S/c1-3-14-11(13)9-5-7(2)4-8(6-12)10(9)15/h4-5,15H,3H2,1-2H3. The van der Waals surface area contributed by atoms with Gasteiger partial charge in [0.1, 0.15) is 6.07 Å². The number of hydrogen-bond donors (Lipinski definition) is 1. The zero-order chi connectivity index (χ0) is 11.4. The molecule has 1 rings (SSSR count). The third kappa shape index (κ3) is 2.51. The Morgan fingerprint density at radius 2 is 2.27 bits per heavy atom. The smallest absolute Gasteiger partial charge is 0.339 e. The van der Waals surface area contributed by atoms with E-state index in [4.69, 9.17) is 10.00 Å². The maximum absolute atomic E-state index is 11.5. The molecule has 0 heterocycles. The van der Waals surface area contributed by atoms with Crippen molar-refractivity contribution in [3.63, 3.8) is 0 Å². The predicted molar refractivity (Wildman–Crippen MR) is 59.1 cm³/mol. The van der Waals surface area contributed by atoms with Crippen molar-refractivity contribution in [3.8, 4) is 6.07 Å². The van der Waals surface area contributed by atoms with Crippen molar-refractivity contribution in [3.05, 3.63) is 28.8 Å². The van der Waals surface area contributed by atoms with Gasteiger partial charge in [0.15, 0.2) is 0 Å². The minimum Gasteiger partial charge on any atom is -0.462 e. The summed E-state index contributed by atoms with van der Waals surface area (Å²) in [4.78, 5) is 11.9. The number of thiol groups is 1. The van der Waals surface area contributed by atoms with E-state index >= 15 is 0 Å². The lowest BCUT2D eigenvalue weighted by Crippen LogP contribution is -2.07. The molecule has 0 unspecified atom stereocenters. The molecule has 0 fully saturated rings. The van der Waals surface area contributed by atoms with E-state index in [1.54, 1.807) is 19.1 Å². The maximum atomic E-state index is 11.5. The number of nitrogens with zero attached hydrogens (tertiary/aromatic N) is 1. The Balaban J connectivity index is 3.24. The van der Waals surface area contributed by atoms with E-state index in [-0.39, 0.29) is 0 Å². The zero-order valence-corrected chi connectivity index (χ0v) is 9.47. The van der Waals surface area contributed by atoms with Gasteiger partial charge >= 0.3 is 5.97 Å². The van der Waals surface area contributed by atoms with Crippen LogP contribution in [0.1, 0.15) is 28.4 Å². The maximum Gasteiger partial charge on any atom is 0.339 e. The average Bonchev–Trinajstić information content (AvgIpc) is 2.21. The van der Waals surface area contributed by atoms with E-state index < -0.39 is 5.97 Å². The Hall–Kier alpha value is -1.47. The minimum atomic E-state index is -0.442. The fourth-order valence-electron chi connectivity index (χ4n) is 1.23. The zero-order valence-electron chi connectivity index (χ0n) is 8.57. The van der Waals surface area contributed by atoms with Crippen molar-refractivity contribution in [2.45, 2.75) is 18.7 Å². The lowest BCUT2D eigenvalue weighted by Gasteiger charge is -2.07. The van der Waals surface area contributed by atoms with E-state index in [9.17, 15) is 4.79 Å². The monoisotopic (exact) mass is 221 g/mol. The molecular formula is C11H11NO2S. The second-order valence-corrected chi connectivity index (χ2v) is 3.49. The van der Waals surface area contributed by atoms with Gasteiger partial charge in [0, 0.05) is 4.90 Å². The fourth-order valence-corrected chi connectivity index (χ4v) is 1.50. The van der Waals surface area contributed by atoms with Gasteiger partial charge in [-0.05, 0) is 31.5 Å². The highest BCUT2D eigenvalue weighted by Gasteiger charge is 2.14. The van der Waals surface area contributed by atoms with Crippen molar-refractivity contribution in [2.75, 3.05) is 6.61 Å². The minimum absolute atomic E-state index is 0.307. The quantitative estimate of drug-likeness (QED) is 0.616. The lowest BCUT2D eigenvalue weighted by atomic mass is 10.1. The number of nitriles is 1. The third-order valence-electron chi connectivity index (χ3n) is 1.87. The van der Waals surface area contributed by atoms with Crippen molar-refractivity contribution < 1.29 is 9.53 Å². The molecule has 4 heteroatoms. The highest BCUT2D eigenvalue weighted by molar-refractivity contribution is 7.80. The lowest BCUT2D eigenvalue weighted by molar-refractivity contribution is 0.0522. The molecule has 1 aromatic carbocycles. The first-order valence-corrected chi connectivity index (χ1v) is 4.95. The van der Waals surface area contributed by atoms with Crippen LogP contribution in [0.25, 0.3) is 0 Å². The van der Waals surface area contributed by atoms with Crippen LogP contribution in [0.3, 0.4) is 0 Å². The summed E-state index contributed by atoms with van der Waals surface area (Å²) >= 11 is 4.15. The van der Waals surface area contributed by atoms with Gasteiger partial charge in [0.2, 0.25) is 0 Å². The van der Waals surface area contributed by atoms with Crippen LogP contribution in [0.2, 0.25) is 0 Å². The number of carbonyl (C=O) groups is 1. The second kappa shape index (κ2) is 4.85. The van der Waals surface area contributed by atoms with Crippen LogP contribution in [0, 0.1) is 18.3 Å². The van der Waals surface area contributed by atoms with Crippen LogP contribution in [-0.4, -0.2) is 12.6 Å². The third-order valence-corrected chi connectivity index (χ3v) is 2.35. The summed E-state index contributed by atoms with van der Waals surface area (Å²) in [5.41, 5.74) is 1.57. The Morgan fingerprint density at radius 1 is 1.60 bits per heavy atom. The first kappa shape index (κ1) is 11.6. The molecular weight excluding hydrogens is 210 g/mol. The van der Waals surface area contributed by atoms with Crippen LogP contribution in [0.15, 0.2) is 17.0 Å². The number of ether oxygens (including phenoxy) is 1. The van der Waals surface area contributed by atoms with Crippen LogP contribution < -0.4 is 0 Å². The molecule has 0 saturated heterocycles. The van der Waals surface area contributed by atoms with Gasteiger partial charge in [-0.1, -0.05) is 0 Å². The first-order valence-electron chi connectivity index (χ1n) is 4.51. The number of carbonyl (C=O) groups excluding carboxylic acids is 1. The summed E-state index contributed by atoms with van der Waals surface area (Å²) in [7, 11) is 0. The molecule has 0 N–H and O–H groups in total. The van der Waals surface area contributed by atoms with Crippen molar-refractivity contribution in [2.24, 2.45) is 0 Å². The molecule has 0 aliphatic heterocycles. The average molecular weight is 221 g/mol. The van der Waals surface area contributed by atoms with Gasteiger partial charge in [-0.15, -0.1) is 12.6 Å². The molecule has 0 aliphatic carbocycles. The van der Waals surface area contributed by atoms with Crippen LogP contribution in [0.5, 0.6) is 0 Å². The highest BCUT2D eigenvalue weighted by atomic mass is 32.1. The molecule has 0 saturated carbocycles. The Morgan fingerprint density at radius 3 is 2.80 bits per heavy atom. The van der Waals surface area contributed by atoms with Crippen molar-refractivity contribution in [1.29, 1.82) is 5.26 Å². The molecule has 78 valence electrons.